The number of hydrogen-bond acceptors (Lipinski definition) is 1. The predicted octanol–water partition coefficient (Wildman–Crippen LogP) is 5.93. The third kappa shape index (κ3) is 6.06. The topological polar surface area (TPSA) is 23.1 Å². The average molecular weight is 427 g/mol. The van der Waals surface area contributed by atoms with Crippen LogP contribution in [0.3, 0.4) is 0 Å². The first-order valence-corrected chi connectivity index (χ1v) is 13.0. The van der Waals surface area contributed by atoms with E-state index in [1.54, 1.807) is 12.1 Å². The van der Waals surface area contributed by atoms with Crippen molar-refractivity contribution >= 4 is 23.2 Å². The van der Waals surface area contributed by atoms with Gasteiger partial charge in [-0.15, -0.1) is 5.75 Å². The van der Waals surface area contributed by atoms with Crippen LogP contribution in [0.25, 0.3) is 0 Å². The zero-order valence-electron chi connectivity index (χ0n) is 18.2. The first-order chi connectivity index (χ1) is 15.3. The SMILES string of the molecule is CCCCC[P+](c1ccccc1)(c1ccccc1)c1ccccc1.[O-]c1ccccc1. The number of para-hydroxylation sites is 1. The van der Waals surface area contributed by atoms with Gasteiger partial charge < -0.3 is 5.11 Å². The summed E-state index contributed by atoms with van der Waals surface area (Å²) in [4.78, 5) is 0. The minimum absolute atomic E-state index is 0.0718. The van der Waals surface area contributed by atoms with Crippen molar-refractivity contribution in [1.82, 2.24) is 0 Å². The molecule has 0 heterocycles. The summed E-state index contributed by atoms with van der Waals surface area (Å²) >= 11 is 0. The molecular formula is C29H31OP. The minimum atomic E-state index is -1.58. The summed E-state index contributed by atoms with van der Waals surface area (Å²) in [6, 6.07) is 41.8. The van der Waals surface area contributed by atoms with Crippen molar-refractivity contribution in [3.63, 3.8) is 0 Å². The standard InChI is InChI=1S/C23H26P.C6H6O/c1-2-3-13-20-24(21-14-7-4-8-15-21,22-16-9-5-10-17-22)23-18-11-6-12-19-23;7-6-4-2-1-3-5-6/h4-12,14-19H,2-3,13,20H2,1H3;1-5,7H/q+1;/p-1. The van der Waals surface area contributed by atoms with Crippen LogP contribution in [0.2, 0.25) is 0 Å². The fraction of sp³-hybridized carbons (Fsp3) is 0.172. The lowest BCUT2D eigenvalue weighted by molar-refractivity contribution is -0.268. The molecule has 0 unspecified atom stereocenters. The molecular weight excluding hydrogens is 395 g/mol. The van der Waals surface area contributed by atoms with Crippen molar-refractivity contribution < 1.29 is 5.11 Å². The van der Waals surface area contributed by atoms with Crippen LogP contribution in [0.1, 0.15) is 26.2 Å². The fourth-order valence-corrected chi connectivity index (χ4v) is 8.31. The quantitative estimate of drug-likeness (QED) is 0.265. The molecule has 0 bridgehead atoms. The predicted molar refractivity (Wildman–Crippen MR) is 135 cm³/mol. The van der Waals surface area contributed by atoms with Crippen LogP contribution in [0.4, 0.5) is 0 Å². The molecule has 0 amide bonds. The Labute approximate surface area is 187 Å². The van der Waals surface area contributed by atoms with Gasteiger partial charge in [-0.25, -0.2) is 0 Å². The lowest BCUT2D eigenvalue weighted by Crippen LogP contribution is -2.33. The lowest BCUT2D eigenvalue weighted by atomic mass is 10.3. The van der Waals surface area contributed by atoms with Gasteiger partial charge in [0.2, 0.25) is 0 Å². The Morgan fingerprint density at radius 2 is 0.871 bits per heavy atom. The maximum Gasteiger partial charge on any atom is 0.112 e. The Balaban J connectivity index is 0.000000330. The van der Waals surface area contributed by atoms with Crippen LogP contribution in [-0.2, 0) is 0 Å². The van der Waals surface area contributed by atoms with Gasteiger partial charge in [0.05, 0.1) is 6.16 Å². The fourth-order valence-electron chi connectivity index (χ4n) is 3.90. The van der Waals surface area contributed by atoms with Crippen LogP contribution in [-0.4, -0.2) is 6.16 Å². The Kier molecular flexibility index (Phi) is 8.88. The van der Waals surface area contributed by atoms with Gasteiger partial charge in [-0.2, -0.15) is 0 Å². The molecule has 1 nitrogen and oxygen atoms in total. The molecule has 0 fully saturated rings. The van der Waals surface area contributed by atoms with Crippen molar-refractivity contribution in [3.05, 3.63) is 121 Å². The van der Waals surface area contributed by atoms with Crippen LogP contribution < -0.4 is 21.0 Å². The van der Waals surface area contributed by atoms with Gasteiger partial charge in [0.15, 0.2) is 0 Å². The molecule has 0 aliphatic rings. The van der Waals surface area contributed by atoms with E-state index in [-0.39, 0.29) is 5.75 Å². The zero-order valence-corrected chi connectivity index (χ0v) is 19.1. The molecule has 0 saturated carbocycles. The van der Waals surface area contributed by atoms with Crippen molar-refractivity contribution in [1.29, 1.82) is 0 Å². The molecule has 158 valence electrons. The van der Waals surface area contributed by atoms with E-state index >= 15 is 0 Å². The van der Waals surface area contributed by atoms with Crippen molar-refractivity contribution in [3.8, 4) is 5.75 Å². The largest absolute Gasteiger partial charge is 0.872 e. The highest BCUT2D eigenvalue weighted by molar-refractivity contribution is 7.95. The summed E-state index contributed by atoms with van der Waals surface area (Å²) < 4.78 is 0. The molecule has 0 N–H and O–H groups in total. The molecule has 2 heteroatoms. The molecule has 4 rings (SSSR count). The summed E-state index contributed by atoms with van der Waals surface area (Å²) in [6.45, 7) is 2.29. The van der Waals surface area contributed by atoms with Crippen LogP contribution in [0, 0.1) is 0 Å². The van der Waals surface area contributed by atoms with E-state index in [0.29, 0.717) is 0 Å². The third-order valence-corrected chi connectivity index (χ3v) is 9.96. The molecule has 0 spiro atoms. The smallest absolute Gasteiger partial charge is 0.112 e. The van der Waals surface area contributed by atoms with E-state index in [1.165, 1.54) is 53.5 Å². The van der Waals surface area contributed by atoms with Gasteiger partial charge in [0, 0.05) is 0 Å². The van der Waals surface area contributed by atoms with Crippen molar-refractivity contribution in [2.45, 2.75) is 26.2 Å². The van der Waals surface area contributed by atoms with E-state index < -0.39 is 7.26 Å². The number of rotatable bonds is 7. The van der Waals surface area contributed by atoms with E-state index in [0.717, 1.165) is 0 Å². The highest BCUT2D eigenvalue weighted by atomic mass is 31.2. The van der Waals surface area contributed by atoms with Gasteiger partial charge in [0.25, 0.3) is 0 Å². The molecule has 31 heavy (non-hydrogen) atoms. The normalized spacial score (nSPS) is 10.7. The summed E-state index contributed by atoms with van der Waals surface area (Å²) in [6.07, 6.45) is 5.09. The van der Waals surface area contributed by atoms with Crippen LogP contribution in [0.15, 0.2) is 121 Å². The highest BCUT2D eigenvalue weighted by Crippen LogP contribution is 2.55. The molecule has 0 saturated heterocycles. The van der Waals surface area contributed by atoms with Crippen LogP contribution >= 0.6 is 7.26 Å². The second-order valence-corrected chi connectivity index (χ2v) is 11.2. The molecule has 0 aliphatic heterocycles. The highest BCUT2D eigenvalue weighted by Gasteiger charge is 2.44. The van der Waals surface area contributed by atoms with Crippen LogP contribution in [0.5, 0.6) is 5.75 Å². The Bertz CT molecular complexity index is 889. The summed E-state index contributed by atoms with van der Waals surface area (Å²) in [5.74, 6) is 0.0718. The summed E-state index contributed by atoms with van der Waals surface area (Å²) in [5.41, 5.74) is 0. The van der Waals surface area contributed by atoms with Gasteiger partial charge in [-0.1, -0.05) is 105 Å². The lowest BCUT2D eigenvalue weighted by Gasteiger charge is -2.27. The molecule has 0 radical (unpaired) electrons. The van der Waals surface area contributed by atoms with E-state index in [4.69, 9.17) is 0 Å². The van der Waals surface area contributed by atoms with E-state index in [9.17, 15) is 5.11 Å². The number of benzene rings is 4. The Morgan fingerprint density at radius 1 is 0.516 bits per heavy atom. The van der Waals surface area contributed by atoms with Gasteiger partial charge in [-0.05, 0) is 42.8 Å². The summed E-state index contributed by atoms with van der Waals surface area (Å²) in [5, 5.41) is 14.8. The Morgan fingerprint density at radius 3 is 1.16 bits per heavy atom. The van der Waals surface area contributed by atoms with Crippen molar-refractivity contribution in [2.24, 2.45) is 0 Å². The molecule has 0 atom stereocenters. The second-order valence-electron chi connectivity index (χ2n) is 7.56. The Hall–Kier alpha value is -2.89. The molecule has 4 aromatic carbocycles. The molecule has 0 aromatic heterocycles. The zero-order chi connectivity index (χ0) is 21.8. The number of hydrogen-bond donors (Lipinski definition) is 0. The monoisotopic (exact) mass is 426 g/mol. The van der Waals surface area contributed by atoms with Crippen molar-refractivity contribution in [2.75, 3.05) is 6.16 Å². The third-order valence-electron chi connectivity index (χ3n) is 5.43. The molecule has 4 aromatic rings. The minimum Gasteiger partial charge on any atom is -0.872 e. The first kappa shape index (κ1) is 22.8. The van der Waals surface area contributed by atoms with Gasteiger partial charge >= 0.3 is 0 Å². The summed E-state index contributed by atoms with van der Waals surface area (Å²) in [7, 11) is -1.58. The average Bonchev–Trinajstić information content (AvgIpc) is 2.85. The maximum atomic E-state index is 10.3. The molecule has 0 aliphatic carbocycles. The maximum absolute atomic E-state index is 10.3. The van der Waals surface area contributed by atoms with Gasteiger partial charge in [-0.3, -0.25) is 0 Å². The van der Waals surface area contributed by atoms with Gasteiger partial charge in [0.1, 0.15) is 23.2 Å². The number of unbranched alkanes of at least 4 members (excludes halogenated alkanes) is 2. The van der Waals surface area contributed by atoms with E-state index in [2.05, 4.69) is 97.9 Å². The van der Waals surface area contributed by atoms with E-state index in [1.807, 2.05) is 6.07 Å². The second kappa shape index (κ2) is 12.1. The first-order valence-electron chi connectivity index (χ1n) is 11.0.